The Morgan fingerprint density at radius 3 is 1.62 bits per heavy atom. The number of hydrogen-bond acceptors (Lipinski definition) is 5. The minimum absolute atomic E-state index is 0.0627. The second kappa shape index (κ2) is 26.4. The summed E-state index contributed by atoms with van der Waals surface area (Å²) in [5.41, 5.74) is 5.44. The Morgan fingerprint density at radius 2 is 1.16 bits per heavy atom. The number of piperidine rings is 1. The molecule has 1 aromatic heterocycles. The number of rotatable bonds is 9. The first-order valence-electron chi connectivity index (χ1n) is 23.3. The zero-order valence-corrected chi connectivity index (χ0v) is 46.5. The SMILES string of the molecule is CC(C)(C)c1cc(Cl)cc(OC(F)(F)F)c1.CC(C)C1CCN([C@@H](c2ccccc2)c2cc(Cl)cc(Cl)c2)CC1.CC(C)COc1ncc(C(C)(C)C)cc1Cl.COc1ccc(C(C)(C)C)cc1Cl. The van der Waals surface area contributed by atoms with E-state index < -0.39 is 6.36 Å². The maximum Gasteiger partial charge on any atom is 0.573 e. The molecule has 2 heterocycles. The predicted molar refractivity (Wildman–Crippen MR) is 286 cm³/mol. The van der Waals surface area contributed by atoms with Crippen LogP contribution < -0.4 is 14.2 Å². The molecule has 5 nitrogen and oxygen atoms in total. The predicted octanol–water partition coefficient (Wildman–Crippen LogP) is 18.7. The van der Waals surface area contributed by atoms with Gasteiger partial charge in [0.25, 0.3) is 0 Å². The lowest BCUT2D eigenvalue weighted by Crippen LogP contribution is -2.38. The van der Waals surface area contributed by atoms with E-state index in [2.05, 4.69) is 126 Å². The van der Waals surface area contributed by atoms with Crippen LogP contribution in [-0.2, 0) is 16.2 Å². The maximum absolute atomic E-state index is 12.0. The van der Waals surface area contributed by atoms with Gasteiger partial charge in [0.05, 0.1) is 24.8 Å². The summed E-state index contributed by atoms with van der Waals surface area (Å²) in [4.78, 5) is 6.84. The van der Waals surface area contributed by atoms with Gasteiger partial charge < -0.3 is 14.2 Å². The summed E-state index contributed by atoms with van der Waals surface area (Å²) in [5, 5.41) is 2.90. The van der Waals surface area contributed by atoms with E-state index in [1.165, 1.54) is 35.6 Å². The average molecular weight is 1060 g/mol. The van der Waals surface area contributed by atoms with Gasteiger partial charge in [-0.2, -0.15) is 0 Å². The van der Waals surface area contributed by atoms with Gasteiger partial charge in [-0.3, -0.25) is 4.90 Å². The molecule has 1 fully saturated rings. The lowest BCUT2D eigenvalue weighted by atomic mass is 9.85. The minimum Gasteiger partial charge on any atom is -0.495 e. The molecule has 1 aliphatic rings. The van der Waals surface area contributed by atoms with Crippen LogP contribution in [0, 0.1) is 17.8 Å². The quantitative estimate of drug-likeness (QED) is 0.147. The molecular weight excluding hydrogens is 983 g/mol. The topological polar surface area (TPSA) is 43.8 Å². The number of methoxy groups -OCH3 is 1. The highest BCUT2D eigenvalue weighted by Gasteiger charge is 2.32. The van der Waals surface area contributed by atoms with Crippen LogP contribution >= 0.6 is 58.0 Å². The molecule has 13 heteroatoms. The van der Waals surface area contributed by atoms with Gasteiger partial charge in [-0.15, -0.1) is 13.2 Å². The molecule has 0 radical (unpaired) electrons. The molecule has 5 aromatic rings. The molecule has 69 heavy (non-hydrogen) atoms. The molecule has 380 valence electrons. The van der Waals surface area contributed by atoms with Crippen molar-refractivity contribution in [1.29, 1.82) is 0 Å². The summed E-state index contributed by atoms with van der Waals surface area (Å²) in [5.74, 6) is 3.05. The van der Waals surface area contributed by atoms with Crippen LogP contribution in [-0.4, -0.2) is 43.1 Å². The normalized spacial score (nSPS) is 14.1. The summed E-state index contributed by atoms with van der Waals surface area (Å²) >= 11 is 30.4. The van der Waals surface area contributed by atoms with Crippen molar-refractivity contribution in [2.45, 2.75) is 131 Å². The van der Waals surface area contributed by atoms with Gasteiger partial charge in [-0.1, -0.05) is 184 Å². The minimum atomic E-state index is -4.69. The molecule has 0 amide bonds. The van der Waals surface area contributed by atoms with Crippen molar-refractivity contribution >= 4 is 58.0 Å². The van der Waals surface area contributed by atoms with Gasteiger partial charge in [0, 0.05) is 21.3 Å². The van der Waals surface area contributed by atoms with Crippen LogP contribution in [0.25, 0.3) is 0 Å². The van der Waals surface area contributed by atoms with Crippen LogP contribution in [0.15, 0.2) is 97.2 Å². The Morgan fingerprint density at radius 1 is 0.623 bits per heavy atom. The highest BCUT2D eigenvalue weighted by molar-refractivity contribution is 6.34. The number of pyridine rings is 1. The van der Waals surface area contributed by atoms with Gasteiger partial charge in [0.2, 0.25) is 5.88 Å². The van der Waals surface area contributed by atoms with Crippen molar-refractivity contribution in [2.75, 3.05) is 26.8 Å². The molecule has 0 spiro atoms. The van der Waals surface area contributed by atoms with Crippen LogP contribution in [0.5, 0.6) is 17.4 Å². The number of likely N-dealkylation sites (tertiary alicyclic amines) is 1. The van der Waals surface area contributed by atoms with Crippen LogP contribution in [0.2, 0.25) is 25.1 Å². The largest absolute Gasteiger partial charge is 0.573 e. The van der Waals surface area contributed by atoms with Crippen LogP contribution in [0.1, 0.15) is 137 Å². The highest BCUT2D eigenvalue weighted by atomic mass is 35.5. The molecule has 1 saturated heterocycles. The Bertz CT molecular complexity index is 2330. The van der Waals surface area contributed by atoms with Crippen molar-refractivity contribution in [3.63, 3.8) is 0 Å². The van der Waals surface area contributed by atoms with Gasteiger partial charge in [-0.05, 0) is 142 Å². The fourth-order valence-electron chi connectivity index (χ4n) is 7.34. The van der Waals surface area contributed by atoms with Gasteiger partial charge in [0.1, 0.15) is 16.5 Å². The van der Waals surface area contributed by atoms with Crippen LogP contribution in [0.4, 0.5) is 13.2 Å². The van der Waals surface area contributed by atoms with E-state index in [4.69, 9.17) is 67.5 Å². The third-order valence-electron chi connectivity index (χ3n) is 11.4. The lowest BCUT2D eigenvalue weighted by Gasteiger charge is -2.39. The molecule has 1 aliphatic heterocycles. The van der Waals surface area contributed by atoms with E-state index in [9.17, 15) is 13.2 Å². The molecule has 0 unspecified atom stereocenters. The molecule has 4 aromatic carbocycles. The molecule has 0 bridgehead atoms. The average Bonchev–Trinajstić information content (AvgIpc) is 3.22. The Kier molecular flexibility index (Phi) is 22.9. The summed E-state index contributed by atoms with van der Waals surface area (Å²) in [6, 6.07) is 28.8. The van der Waals surface area contributed by atoms with E-state index in [-0.39, 0.29) is 33.1 Å². The second-order valence-electron chi connectivity index (χ2n) is 21.2. The van der Waals surface area contributed by atoms with Gasteiger partial charge >= 0.3 is 6.36 Å². The smallest absolute Gasteiger partial charge is 0.495 e. The molecule has 0 N–H and O–H groups in total. The summed E-state index contributed by atoms with van der Waals surface area (Å²) in [6.45, 7) is 30.3. The van der Waals surface area contributed by atoms with Crippen LogP contribution in [0.3, 0.4) is 0 Å². The summed E-state index contributed by atoms with van der Waals surface area (Å²) < 4.78 is 50.5. The van der Waals surface area contributed by atoms with E-state index in [1.54, 1.807) is 19.2 Å². The zero-order valence-electron chi connectivity index (χ0n) is 42.7. The molecular formula is C56H72Cl5F3N2O3. The first kappa shape index (κ1) is 59.9. The van der Waals surface area contributed by atoms with Crippen molar-refractivity contribution in [2.24, 2.45) is 17.8 Å². The van der Waals surface area contributed by atoms with Crippen molar-refractivity contribution in [3.8, 4) is 17.4 Å². The van der Waals surface area contributed by atoms with Crippen molar-refractivity contribution in [3.05, 3.63) is 150 Å². The maximum atomic E-state index is 12.0. The Balaban J connectivity index is 0.000000251. The summed E-state index contributed by atoms with van der Waals surface area (Å²) in [6.07, 6.45) is -0.341. The lowest BCUT2D eigenvalue weighted by molar-refractivity contribution is -0.274. The monoisotopic (exact) mass is 1050 g/mol. The third kappa shape index (κ3) is 20.7. The highest BCUT2D eigenvalue weighted by Crippen LogP contribution is 2.37. The molecule has 6 rings (SSSR count). The number of benzene rings is 4. The summed E-state index contributed by atoms with van der Waals surface area (Å²) in [7, 11) is 1.62. The molecule has 1 atom stereocenters. The fourth-order valence-corrected chi connectivity index (χ4v) is 8.58. The van der Waals surface area contributed by atoms with E-state index in [0.717, 1.165) is 42.3 Å². The Hall–Kier alpha value is -3.37. The van der Waals surface area contributed by atoms with Crippen molar-refractivity contribution < 1.29 is 27.4 Å². The molecule has 0 aliphatic carbocycles. The third-order valence-corrected chi connectivity index (χ3v) is 12.6. The number of hydrogen-bond donors (Lipinski definition) is 0. The number of aromatic nitrogens is 1. The van der Waals surface area contributed by atoms with E-state index in [0.29, 0.717) is 44.1 Å². The Labute approximate surface area is 436 Å². The number of nitrogens with zero attached hydrogens (tertiary/aromatic N) is 2. The first-order chi connectivity index (χ1) is 31.9. The number of ether oxygens (including phenoxy) is 3. The van der Waals surface area contributed by atoms with Crippen molar-refractivity contribution in [1.82, 2.24) is 9.88 Å². The fraction of sp³-hybridized carbons (Fsp3) is 0.482. The van der Waals surface area contributed by atoms with E-state index >= 15 is 0 Å². The zero-order chi connectivity index (χ0) is 52.1. The second-order valence-corrected chi connectivity index (χ2v) is 23.3. The van der Waals surface area contributed by atoms with E-state index in [1.807, 2.05) is 51.2 Å². The van der Waals surface area contributed by atoms with Gasteiger partial charge in [-0.25, -0.2) is 4.98 Å². The molecule has 0 saturated carbocycles. The standard InChI is InChI=1S/C21H25Cl2N.C13H20ClNO.C11H12ClF3O.C11H15ClO/c1-15(2)16-8-10-24(11-9-16)21(17-6-4-3-5-7-17)18-12-19(22)14-20(23)13-18;1-9(2)8-16-12-11(14)6-10(7-15-12)13(3,4)5;1-10(2,3)7-4-8(12)6-9(5-7)16-11(13,14)15;1-11(2,3)8-5-6-10(13-4)9(12)7-8/h3-7,12-16,21H,8-11H2,1-2H3;6-7,9H,8H2,1-5H3;4-6H,1-3H3;5-7H,1-4H3/t21-;;;/m0.../s1. The first-order valence-corrected chi connectivity index (χ1v) is 25.2. The number of halogens is 8. The number of alkyl halides is 3. The van der Waals surface area contributed by atoms with Gasteiger partial charge in [0.15, 0.2) is 0 Å².